The quantitative estimate of drug-likeness (QED) is 0.505. The van der Waals surface area contributed by atoms with E-state index in [4.69, 9.17) is 17.4 Å². The second-order valence-corrected chi connectivity index (χ2v) is 5.55. The number of rotatable bonds is 2. The van der Waals surface area contributed by atoms with Crippen LogP contribution in [0.4, 0.5) is 0 Å². The smallest absolute Gasteiger partial charge is 0.266 e. The lowest BCUT2D eigenvalue weighted by Gasteiger charge is -2.29. The fraction of sp³-hybridized carbons (Fsp3) is 0.333. The minimum Gasteiger partial charge on any atom is -0.299 e. The molecule has 1 aliphatic rings. The molecule has 3 rings (SSSR count). The van der Waals surface area contributed by atoms with E-state index in [2.05, 4.69) is 22.2 Å². The normalized spacial score (nSPS) is 15.0. The summed E-state index contributed by atoms with van der Waals surface area (Å²) in [5, 5.41) is 1.31. The molecule has 3 N–H and O–H groups in total. The van der Waals surface area contributed by atoms with Crippen molar-refractivity contribution in [2.75, 3.05) is 13.1 Å². The van der Waals surface area contributed by atoms with Crippen LogP contribution in [-0.2, 0) is 13.0 Å². The van der Waals surface area contributed by atoms with Gasteiger partial charge in [0.05, 0.1) is 16.1 Å². The van der Waals surface area contributed by atoms with Crippen molar-refractivity contribution in [2.24, 2.45) is 5.84 Å². The first kappa shape index (κ1) is 14.3. The lowest BCUT2D eigenvalue weighted by Crippen LogP contribution is -2.36. The number of hydrogen-bond acceptors (Lipinski definition) is 4. The molecule has 0 unspecified atom stereocenters. The summed E-state index contributed by atoms with van der Waals surface area (Å²) >= 11 is 6.24. The molecule has 6 heteroatoms. The molecular weight excluding hydrogens is 288 g/mol. The van der Waals surface area contributed by atoms with Gasteiger partial charge in [-0.05, 0) is 12.6 Å². The van der Waals surface area contributed by atoms with E-state index in [9.17, 15) is 4.79 Å². The molecule has 1 aromatic heterocycles. The highest BCUT2D eigenvalue weighted by Crippen LogP contribution is 2.31. The minimum atomic E-state index is -0.293. The van der Waals surface area contributed by atoms with Crippen LogP contribution in [-0.4, -0.2) is 28.9 Å². The average Bonchev–Trinajstić information content (AvgIpc) is 2.52. The first-order valence-corrected chi connectivity index (χ1v) is 7.36. The Morgan fingerprint density at radius 1 is 1.52 bits per heavy atom. The van der Waals surface area contributed by atoms with E-state index < -0.39 is 0 Å². The molecule has 0 saturated heterocycles. The summed E-state index contributed by atoms with van der Waals surface area (Å²) in [5.74, 6) is 5.07. The van der Waals surface area contributed by atoms with Gasteiger partial charge in [0, 0.05) is 36.2 Å². The van der Waals surface area contributed by atoms with Crippen molar-refractivity contribution in [3.05, 3.63) is 40.0 Å². The Hall–Kier alpha value is -1.69. The monoisotopic (exact) mass is 304 g/mol. The lowest BCUT2D eigenvalue weighted by atomic mass is 9.95. The Labute approximate surface area is 128 Å². The van der Waals surface area contributed by atoms with Crippen molar-refractivity contribution in [1.29, 1.82) is 0 Å². The number of aromatic nitrogens is 1. The molecule has 2 aromatic rings. The third kappa shape index (κ3) is 2.37. The van der Waals surface area contributed by atoms with Gasteiger partial charge in [-0.3, -0.25) is 20.1 Å². The van der Waals surface area contributed by atoms with Gasteiger partial charge in [0.15, 0.2) is 0 Å². The van der Waals surface area contributed by atoms with Crippen LogP contribution in [0, 0.1) is 0 Å². The van der Waals surface area contributed by atoms with Crippen molar-refractivity contribution >= 4 is 28.4 Å². The molecule has 0 bridgehead atoms. The summed E-state index contributed by atoms with van der Waals surface area (Å²) < 4.78 is 0. The van der Waals surface area contributed by atoms with E-state index in [1.807, 2.05) is 12.1 Å². The number of fused-ring (bicyclic) bond motifs is 2. The summed E-state index contributed by atoms with van der Waals surface area (Å²) in [5.41, 5.74) is 5.41. The number of carbonyl (C=O) groups excluding carboxylic acids is 1. The lowest BCUT2D eigenvalue weighted by molar-refractivity contribution is 0.0952. The molecule has 0 saturated carbocycles. The van der Waals surface area contributed by atoms with Crippen molar-refractivity contribution in [1.82, 2.24) is 15.3 Å². The minimum absolute atomic E-state index is 0.293. The third-order valence-electron chi connectivity index (χ3n) is 4.00. The first-order valence-electron chi connectivity index (χ1n) is 6.99. The van der Waals surface area contributed by atoms with Crippen LogP contribution in [0.5, 0.6) is 0 Å². The highest BCUT2D eigenvalue weighted by molar-refractivity contribution is 6.35. The van der Waals surface area contributed by atoms with Gasteiger partial charge >= 0.3 is 0 Å². The Balaban J connectivity index is 2.31. The molecule has 110 valence electrons. The number of halogens is 1. The molecule has 1 aliphatic heterocycles. The van der Waals surface area contributed by atoms with Crippen LogP contribution >= 0.6 is 11.6 Å². The van der Waals surface area contributed by atoms with Gasteiger partial charge < -0.3 is 0 Å². The van der Waals surface area contributed by atoms with Crippen LogP contribution in [0.25, 0.3) is 10.9 Å². The summed E-state index contributed by atoms with van der Waals surface area (Å²) in [6, 6.07) is 5.48. The number of hydrogen-bond donors (Lipinski definition) is 2. The van der Waals surface area contributed by atoms with Crippen molar-refractivity contribution in [3.63, 3.8) is 0 Å². The second-order valence-electron chi connectivity index (χ2n) is 5.14. The van der Waals surface area contributed by atoms with Crippen LogP contribution in [0.2, 0.25) is 5.02 Å². The maximum absolute atomic E-state index is 12.3. The number of nitrogen functional groups attached to an aromatic ring is 1. The van der Waals surface area contributed by atoms with E-state index >= 15 is 0 Å². The SMILES string of the molecule is CCN1CCc2nc3c(Cl)cccc3c(C(=O)NN)c2C1. The zero-order chi connectivity index (χ0) is 15.0. The fourth-order valence-corrected chi connectivity index (χ4v) is 3.10. The molecule has 1 amide bonds. The average molecular weight is 305 g/mol. The van der Waals surface area contributed by atoms with Gasteiger partial charge in [0.2, 0.25) is 0 Å². The van der Waals surface area contributed by atoms with Crippen LogP contribution < -0.4 is 11.3 Å². The molecule has 1 aromatic carbocycles. The highest BCUT2D eigenvalue weighted by atomic mass is 35.5. The van der Waals surface area contributed by atoms with Crippen molar-refractivity contribution < 1.29 is 4.79 Å². The van der Waals surface area contributed by atoms with E-state index in [1.165, 1.54) is 0 Å². The molecule has 0 fully saturated rings. The zero-order valence-corrected chi connectivity index (χ0v) is 12.6. The number of nitrogens with zero attached hydrogens (tertiary/aromatic N) is 2. The van der Waals surface area contributed by atoms with Gasteiger partial charge in [-0.2, -0.15) is 0 Å². The number of amides is 1. The molecule has 2 heterocycles. The van der Waals surface area contributed by atoms with E-state index in [0.29, 0.717) is 22.6 Å². The highest BCUT2D eigenvalue weighted by Gasteiger charge is 2.25. The standard InChI is InChI=1S/C15H17ClN4O/c1-2-20-7-6-12-10(8-20)13(15(21)19-17)9-4-3-5-11(16)14(9)18-12/h3-5H,2,6-8,17H2,1H3,(H,19,21). The molecule has 0 radical (unpaired) electrons. The van der Waals surface area contributed by atoms with Crippen LogP contribution in [0.1, 0.15) is 28.5 Å². The van der Waals surface area contributed by atoms with Gasteiger partial charge in [-0.15, -0.1) is 0 Å². The van der Waals surface area contributed by atoms with Gasteiger partial charge in [0.25, 0.3) is 5.91 Å². The van der Waals surface area contributed by atoms with E-state index in [-0.39, 0.29) is 5.91 Å². The topological polar surface area (TPSA) is 71.2 Å². The number of hydrazine groups is 1. The summed E-state index contributed by atoms with van der Waals surface area (Å²) in [7, 11) is 0. The number of carbonyl (C=O) groups is 1. The maximum Gasteiger partial charge on any atom is 0.266 e. The number of pyridine rings is 1. The molecule has 0 spiro atoms. The number of nitrogens with two attached hydrogens (primary N) is 1. The Bertz CT molecular complexity index is 716. The Kier molecular flexibility index (Phi) is 3.80. The van der Waals surface area contributed by atoms with E-state index in [1.54, 1.807) is 6.07 Å². The van der Waals surface area contributed by atoms with Gasteiger partial charge in [-0.1, -0.05) is 30.7 Å². The largest absolute Gasteiger partial charge is 0.299 e. The number of nitrogens with one attached hydrogen (secondary N) is 1. The molecule has 0 aliphatic carbocycles. The molecular formula is C15H17ClN4O. The van der Waals surface area contributed by atoms with Crippen LogP contribution in [0.15, 0.2) is 18.2 Å². The fourth-order valence-electron chi connectivity index (χ4n) is 2.89. The number of benzene rings is 1. The Morgan fingerprint density at radius 3 is 3.05 bits per heavy atom. The van der Waals surface area contributed by atoms with Gasteiger partial charge in [-0.25, -0.2) is 5.84 Å². The first-order chi connectivity index (χ1) is 10.2. The maximum atomic E-state index is 12.3. The Morgan fingerprint density at radius 2 is 2.33 bits per heavy atom. The van der Waals surface area contributed by atoms with Crippen LogP contribution in [0.3, 0.4) is 0 Å². The second kappa shape index (κ2) is 5.60. The van der Waals surface area contributed by atoms with Crippen molar-refractivity contribution in [2.45, 2.75) is 19.9 Å². The zero-order valence-electron chi connectivity index (χ0n) is 11.8. The summed E-state index contributed by atoms with van der Waals surface area (Å²) in [4.78, 5) is 19.2. The predicted octanol–water partition coefficient (Wildman–Crippen LogP) is 1.87. The van der Waals surface area contributed by atoms with Gasteiger partial charge in [0.1, 0.15) is 0 Å². The summed E-state index contributed by atoms with van der Waals surface area (Å²) in [6.07, 6.45) is 0.815. The predicted molar refractivity (Wildman–Crippen MR) is 83.1 cm³/mol. The summed E-state index contributed by atoms with van der Waals surface area (Å²) in [6.45, 7) is 4.70. The third-order valence-corrected chi connectivity index (χ3v) is 4.31. The number of para-hydroxylation sites is 1. The van der Waals surface area contributed by atoms with E-state index in [0.717, 1.165) is 36.2 Å². The van der Waals surface area contributed by atoms with Crippen molar-refractivity contribution in [3.8, 4) is 0 Å². The molecule has 0 atom stereocenters. The molecule has 21 heavy (non-hydrogen) atoms. The number of likely N-dealkylation sites (N-methyl/N-ethyl adjacent to an activating group) is 1. The molecule has 5 nitrogen and oxygen atoms in total.